The zero-order chi connectivity index (χ0) is 18.0. The van der Waals surface area contributed by atoms with Crippen LogP contribution in [0.3, 0.4) is 0 Å². The monoisotopic (exact) mass is 340 g/mol. The standard InChI is InChI=1S/C19H20N2O4/c1-12-4-3-5-13(2)17(12)19(23)21-8-9-25-16-10-14(18(22)20-24)6-7-15(16)11-21/h3-7,10,24H,8-9,11H2,1-2H3,(H,20,22). The van der Waals surface area contributed by atoms with Gasteiger partial charge in [0.1, 0.15) is 12.4 Å². The van der Waals surface area contributed by atoms with E-state index in [4.69, 9.17) is 9.94 Å². The van der Waals surface area contributed by atoms with E-state index in [2.05, 4.69) is 0 Å². The van der Waals surface area contributed by atoms with Gasteiger partial charge in [0, 0.05) is 23.2 Å². The van der Waals surface area contributed by atoms with Gasteiger partial charge in [-0.1, -0.05) is 24.3 Å². The molecule has 1 aliphatic rings. The molecule has 2 amide bonds. The minimum absolute atomic E-state index is 0.0239. The Bertz CT molecular complexity index is 812. The number of hydroxylamine groups is 1. The SMILES string of the molecule is Cc1cccc(C)c1C(=O)N1CCOc2cc(C(=O)NO)ccc2C1. The van der Waals surface area contributed by atoms with Gasteiger partial charge in [0.15, 0.2) is 0 Å². The second-order valence-corrected chi connectivity index (χ2v) is 6.11. The van der Waals surface area contributed by atoms with Gasteiger partial charge in [0.2, 0.25) is 0 Å². The lowest BCUT2D eigenvalue weighted by Crippen LogP contribution is -2.33. The minimum Gasteiger partial charge on any atom is -0.491 e. The van der Waals surface area contributed by atoms with Crippen LogP contribution in [0.5, 0.6) is 5.75 Å². The number of nitrogens with one attached hydrogen (secondary N) is 1. The molecule has 0 bridgehead atoms. The summed E-state index contributed by atoms with van der Waals surface area (Å²) < 4.78 is 5.71. The van der Waals surface area contributed by atoms with E-state index < -0.39 is 5.91 Å². The molecule has 3 rings (SSSR count). The number of nitrogens with zero attached hydrogens (tertiary/aromatic N) is 1. The molecule has 0 atom stereocenters. The third-order valence-corrected chi connectivity index (χ3v) is 4.39. The molecule has 6 heteroatoms. The molecule has 1 aliphatic heterocycles. The molecular weight excluding hydrogens is 320 g/mol. The fraction of sp³-hybridized carbons (Fsp3) is 0.263. The highest BCUT2D eigenvalue weighted by atomic mass is 16.5. The smallest absolute Gasteiger partial charge is 0.274 e. The topological polar surface area (TPSA) is 78.9 Å². The van der Waals surface area contributed by atoms with Crippen molar-refractivity contribution in [3.8, 4) is 5.75 Å². The van der Waals surface area contributed by atoms with Crippen LogP contribution in [-0.2, 0) is 6.54 Å². The van der Waals surface area contributed by atoms with Gasteiger partial charge < -0.3 is 9.64 Å². The number of carbonyl (C=O) groups excluding carboxylic acids is 2. The third-order valence-electron chi connectivity index (χ3n) is 4.39. The Morgan fingerprint density at radius 1 is 1.16 bits per heavy atom. The Labute approximate surface area is 146 Å². The molecular formula is C19H20N2O4. The van der Waals surface area contributed by atoms with Crippen molar-refractivity contribution in [2.45, 2.75) is 20.4 Å². The average molecular weight is 340 g/mol. The molecule has 0 fully saturated rings. The largest absolute Gasteiger partial charge is 0.491 e. The molecule has 0 radical (unpaired) electrons. The molecule has 25 heavy (non-hydrogen) atoms. The summed E-state index contributed by atoms with van der Waals surface area (Å²) in [6.45, 7) is 5.07. The van der Waals surface area contributed by atoms with Crippen LogP contribution >= 0.6 is 0 Å². The zero-order valence-corrected chi connectivity index (χ0v) is 14.2. The summed E-state index contributed by atoms with van der Waals surface area (Å²) in [5.74, 6) is -0.0683. The molecule has 0 saturated carbocycles. The van der Waals surface area contributed by atoms with Gasteiger partial charge in [-0.25, -0.2) is 5.48 Å². The molecule has 0 aliphatic carbocycles. The molecule has 1 heterocycles. The molecule has 0 aromatic heterocycles. The van der Waals surface area contributed by atoms with E-state index >= 15 is 0 Å². The van der Waals surface area contributed by atoms with Crippen LogP contribution in [0.25, 0.3) is 0 Å². The molecule has 0 spiro atoms. The lowest BCUT2D eigenvalue weighted by molar-refractivity contribution is 0.0705. The maximum Gasteiger partial charge on any atom is 0.274 e. The number of aryl methyl sites for hydroxylation is 2. The van der Waals surface area contributed by atoms with E-state index in [-0.39, 0.29) is 5.91 Å². The number of hydrogen-bond acceptors (Lipinski definition) is 4. The number of amides is 2. The number of fused-ring (bicyclic) bond motifs is 1. The highest BCUT2D eigenvalue weighted by Gasteiger charge is 2.24. The van der Waals surface area contributed by atoms with Crippen molar-refractivity contribution in [1.29, 1.82) is 0 Å². The normalized spacial score (nSPS) is 13.5. The minimum atomic E-state index is -0.598. The van der Waals surface area contributed by atoms with Crippen molar-refractivity contribution >= 4 is 11.8 Å². The average Bonchev–Trinajstić information content (AvgIpc) is 2.82. The van der Waals surface area contributed by atoms with Crippen molar-refractivity contribution < 1.29 is 19.5 Å². The molecule has 0 saturated heterocycles. The third kappa shape index (κ3) is 3.34. The van der Waals surface area contributed by atoms with Crippen molar-refractivity contribution in [3.63, 3.8) is 0 Å². The number of hydrogen-bond donors (Lipinski definition) is 2. The first-order valence-corrected chi connectivity index (χ1v) is 8.07. The highest BCUT2D eigenvalue weighted by molar-refractivity contribution is 5.97. The van der Waals surface area contributed by atoms with E-state index in [1.165, 1.54) is 0 Å². The van der Waals surface area contributed by atoms with Gasteiger partial charge in [0.05, 0.1) is 6.54 Å². The summed E-state index contributed by atoms with van der Waals surface area (Å²) in [5.41, 5.74) is 5.36. The molecule has 2 aromatic carbocycles. The Hall–Kier alpha value is -2.86. The fourth-order valence-corrected chi connectivity index (χ4v) is 3.06. The predicted molar refractivity (Wildman–Crippen MR) is 91.8 cm³/mol. The Kier molecular flexibility index (Phi) is 4.72. The summed E-state index contributed by atoms with van der Waals surface area (Å²) >= 11 is 0. The number of carbonyl (C=O) groups is 2. The lowest BCUT2D eigenvalue weighted by atomic mass is 10.0. The number of benzene rings is 2. The van der Waals surface area contributed by atoms with E-state index in [9.17, 15) is 9.59 Å². The molecule has 0 unspecified atom stereocenters. The molecule has 130 valence electrons. The van der Waals surface area contributed by atoms with Gasteiger partial charge in [-0.15, -0.1) is 0 Å². The van der Waals surface area contributed by atoms with Crippen LogP contribution in [0.2, 0.25) is 0 Å². The quantitative estimate of drug-likeness (QED) is 0.650. The van der Waals surface area contributed by atoms with E-state index in [0.29, 0.717) is 31.0 Å². The Morgan fingerprint density at radius 3 is 2.56 bits per heavy atom. The molecule has 2 aromatic rings. The van der Waals surface area contributed by atoms with Gasteiger partial charge in [-0.05, 0) is 37.1 Å². The highest BCUT2D eigenvalue weighted by Crippen LogP contribution is 2.26. The van der Waals surface area contributed by atoms with Crippen molar-refractivity contribution in [3.05, 3.63) is 64.2 Å². The first kappa shape index (κ1) is 17.0. The van der Waals surface area contributed by atoms with Crippen LogP contribution in [0.4, 0.5) is 0 Å². The molecule has 6 nitrogen and oxygen atoms in total. The van der Waals surface area contributed by atoms with Gasteiger partial charge in [-0.3, -0.25) is 14.8 Å². The van der Waals surface area contributed by atoms with Crippen molar-refractivity contribution in [2.24, 2.45) is 0 Å². The second-order valence-electron chi connectivity index (χ2n) is 6.11. The van der Waals surface area contributed by atoms with Crippen LogP contribution in [-0.4, -0.2) is 35.1 Å². The Balaban J connectivity index is 1.89. The van der Waals surface area contributed by atoms with E-state index in [1.807, 2.05) is 32.0 Å². The summed E-state index contributed by atoms with van der Waals surface area (Å²) in [4.78, 5) is 26.3. The zero-order valence-electron chi connectivity index (χ0n) is 14.2. The maximum atomic E-state index is 13.0. The van der Waals surface area contributed by atoms with Gasteiger partial charge >= 0.3 is 0 Å². The van der Waals surface area contributed by atoms with E-state index in [0.717, 1.165) is 22.3 Å². The summed E-state index contributed by atoms with van der Waals surface area (Å²) in [6.07, 6.45) is 0. The van der Waals surface area contributed by atoms with Crippen molar-refractivity contribution in [1.82, 2.24) is 10.4 Å². The number of ether oxygens (including phenoxy) is 1. The van der Waals surface area contributed by atoms with E-state index in [1.54, 1.807) is 28.6 Å². The van der Waals surface area contributed by atoms with Crippen LogP contribution in [0, 0.1) is 13.8 Å². The second kappa shape index (κ2) is 6.94. The van der Waals surface area contributed by atoms with Crippen LogP contribution in [0.1, 0.15) is 37.4 Å². The van der Waals surface area contributed by atoms with Crippen molar-refractivity contribution in [2.75, 3.05) is 13.2 Å². The van der Waals surface area contributed by atoms with Gasteiger partial charge in [-0.2, -0.15) is 0 Å². The summed E-state index contributed by atoms with van der Waals surface area (Å²) in [5, 5.41) is 8.75. The maximum absolute atomic E-state index is 13.0. The fourth-order valence-electron chi connectivity index (χ4n) is 3.06. The summed E-state index contributed by atoms with van der Waals surface area (Å²) in [6, 6.07) is 10.7. The predicted octanol–water partition coefficient (Wildman–Crippen LogP) is 2.46. The lowest BCUT2D eigenvalue weighted by Gasteiger charge is -2.22. The molecule has 2 N–H and O–H groups in total. The number of rotatable bonds is 2. The summed E-state index contributed by atoms with van der Waals surface area (Å²) in [7, 11) is 0. The Morgan fingerprint density at radius 2 is 1.88 bits per heavy atom. The van der Waals surface area contributed by atoms with Crippen LogP contribution in [0.15, 0.2) is 36.4 Å². The van der Waals surface area contributed by atoms with Gasteiger partial charge in [0.25, 0.3) is 11.8 Å². The first-order chi connectivity index (χ1) is 12.0. The van der Waals surface area contributed by atoms with Crippen LogP contribution < -0.4 is 10.2 Å². The first-order valence-electron chi connectivity index (χ1n) is 8.07.